The van der Waals surface area contributed by atoms with E-state index in [1.54, 1.807) is 16.2 Å². The number of rotatable bonds is 7. The molecule has 2 rings (SSSR count). The van der Waals surface area contributed by atoms with Crippen molar-refractivity contribution in [2.24, 2.45) is 0 Å². The zero-order valence-electron chi connectivity index (χ0n) is 13.6. The highest BCUT2D eigenvalue weighted by Gasteiger charge is 2.24. The quantitative estimate of drug-likeness (QED) is 0.777. The van der Waals surface area contributed by atoms with Crippen molar-refractivity contribution >= 4 is 23.2 Å². The Kier molecular flexibility index (Phi) is 6.45. The maximum atomic E-state index is 12.8. The van der Waals surface area contributed by atoms with Gasteiger partial charge in [-0.3, -0.25) is 9.78 Å². The van der Waals surface area contributed by atoms with Crippen LogP contribution >= 0.6 is 11.3 Å². The van der Waals surface area contributed by atoms with E-state index in [0.29, 0.717) is 13.0 Å². The van der Waals surface area contributed by atoms with E-state index >= 15 is 0 Å². The molecule has 1 amide bonds. The van der Waals surface area contributed by atoms with Gasteiger partial charge in [0.05, 0.1) is 25.3 Å². The third-order valence-corrected chi connectivity index (χ3v) is 4.45. The molecule has 2 heterocycles. The van der Waals surface area contributed by atoms with Gasteiger partial charge in [0.15, 0.2) is 0 Å². The van der Waals surface area contributed by atoms with E-state index in [1.165, 1.54) is 25.4 Å². The van der Waals surface area contributed by atoms with Crippen molar-refractivity contribution < 1.29 is 19.4 Å². The second-order valence-corrected chi connectivity index (χ2v) is 6.01. The van der Waals surface area contributed by atoms with Crippen LogP contribution in [0.4, 0.5) is 0 Å². The molecule has 0 aliphatic rings. The summed E-state index contributed by atoms with van der Waals surface area (Å²) in [5, 5.41) is 13.5. The second-order valence-electron chi connectivity index (χ2n) is 5.23. The van der Waals surface area contributed by atoms with Gasteiger partial charge in [0.25, 0.3) is 5.91 Å². The summed E-state index contributed by atoms with van der Waals surface area (Å²) < 4.78 is 4.62. The number of pyridine rings is 1. The fourth-order valence-corrected chi connectivity index (χ4v) is 2.96. The van der Waals surface area contributed by atoms with E-state index in [0.717, 1.165) is 5.56 Å². The van der Waals surface area contributed by atoms with Crippen molar-refractivity contribution in [3.63, 3.8) is 0 Å². The first-order valence-corrected chi connectivity index (χ1v) is 8.52. The van der Waals surface area contributed by atoms with Gasteiger partial charge in [-0.2, -0.15) is 11.3 Å². The van der Waals surface area contributed by atoms with Crippen LogP contribution in [0.3, 0.4) is 0 Å². The van der Waals surface area contributed by atoms with Crippen LogP contribution in [0, 0.1) is 0 Å². The Hall–Kier alpha value is -2.25. The lowest BCUT2D eigenvalue weighted by molar-refractivity contribution is 0.0554. The van der Waals surface area contributed by atoms with Crippen molar-refractivity contribution in [3.8, 4) is 0 Å². The van der Waals surface area contributed by atoms with Gasteiger partial charge in [-0.05, 0) is 40.9 Å². The van der Waals surface area contributed by atoms with Gasteiger partial charge in [-0.15, -0.1) is 0 Å². The number of carbonyl (C=O) groups excluding carboxylic acids is 2. The summed E-state index contributed by atoms with van der Waals surface area (Å²) in [5.41, 5.74) is 1.52. The average molecular weight is 348 g/mol. The summed E-state index contributed by atoms with van der Waals surface area (Å²) >= 11 is 1.56. The molecule has 2 aromatic rings. The van der Waals surface area contributed by atoms with Crippen molar-refractivity contribution in [1.82, 2.24) is 9.88 Å². The first-order chi connectivity index (χ1) is 11.6. The minimum Gasteiger partial charge on any atom is -0.465 e. The van der Waals surface area contributed by atoms with Crippen LogP contribution in [-0.4, -0.2) is 46.6 Å². The molecule has 128 valence electrons. The molecular formula is C17H20N2O4S. The lowest BCUT2D eigenvalue weighted by atomic mass is 10.1. The Morgan fingerprint density at radius 2 is 2.17 bits per heavy atom. The number of carbonyl (C=O) groups is 2. The number of methoxy groups -OCH3 is 1. The molecule has 2 aromatic heterocycles. The third kappa shape index (κ3) is 4.18. The van der Waals surface area contributed by atoms with Gasteiger partial charge in [0.2, 0.25) is 0 Å². The van der Waals surface area contributed by atoms with Crippen molar-refractivity contribution in [2.45, 2.75) is 25.9 Å². The summed E-state index contributed by atoms with van der Waals surface area (Å²) in [5.74, 6) is -0.781. The highest BCUT2D eigenvalue weighted by molar-refractivity contribution is 7.07. The molecule has 0 fully saturated rings. The molecule has 7 heteroatoms. The van der Waals surface area contributed by atoms with E-state index in [4.69, 9.17) is 0 Å². The lowest BCUT2D eigenvalue weighted by Gasteiger charge is -2.29. The number of aliphatic hydroxyl groups excluding tert-OH is 1. The van der Waals surface area contributed by atoms with Gasteiger partial charge in [-0.1, -0.05) is 6.92 Å². The van der Waals surface area contributed by atoms with Gasteiger partial charge in [0.1, 0.15) is 5.69 Å². The molecule has 0 saturated heterocycles. The first kappa shape index (κ1) is 18.1. The predicted molar refractivity (Wildman–Crippen MR) is 90.9 cm³/mol. The SMILES string of the molecule is CC[C@@H](CO)N(Cc1ccsc1)C(=O)c1ccc(C(=O)OC)cn1. The zero-order chi connectivity index (χ0) is 17.5. The molecule has 0 saturated carbocycles. The molecule has 0 aromatic carbocycles. The molecule has 24 heavy (non-hydrogen) atoms. The number of amides is 1. The summed E-state index contributed by atoms with van der Waals surface area (Å²) in [6.45, 7) is 2.21. The number of ether oxygens (including phenoxy) is 1. The van der Waals surface area contributed by atoms with E-state index < -0.39 is 5.97 Å². The predicted octanol–water partition coefficient (Wildman–Crippen LogP) is 2.34. The number of hydrogen-bond acceptors (Lipinski definition) is 6. The average Bonchev–Trinajstić information content (AvgIpc) is 3.14. The van der Waals surface area contributed by atoms with E-state index in [9.17, 15) is 14.7 Å². The van der Waals surface area contributed by atoms with Gasteiger partial charge < -0.3 is 14.7 Å². The number of thiophene rings is 1. The molecule has 1 N–H and O–H groups in total. The first-order valence-electron chi connectivity index (χ1n) is 7.58. The Morgan fingerprint density at radius 1 is 1.38 bits per heavy atom. The molecule has 0 spiro atoms. The number of esters is 1. The number of aliphatic hydroxyl groups is 1. The topological polar surface area (TPSA) is 79.7 Å². The number of aromatic nitrogens is 1. The fraction of sp³-hybridized carbons (Fsp3) is 0.353. The van der Waals surface area contributed by atoms with Crippen molar-refractivity contribution in [2.75, 3.05) is 13.7 Å². The number of nitrogens with zero attached hydrogens (tertiary/aromatic N) is 2. The lowest BCUT2D eigenvalue weighted by Crippen LogP contribution is -2.42. The Balaban J connectivity index is 2.24. The highest BCUT2D eigenvalue weighted by atomic mass is 32.1. The Labute approximate surface area is 144 Å². The van der Waals surface area contributed by atoms with E-state index in [-0.39, 0.29) is 29.8 Å². The maximum Gasteiger partial charge on any atom is 0.339 e. The van der Waals surface area contributed by atoms with Gasteiger partial charge in [0, 0.05) is 12.7 Å². The summed E-state index contributed by atoms with van der Waals surface area (Å²) in [6, 6.07) is 4.66. The Bertz CT molecular complexity index is 666. The minimum atomic E-state index is -0.501. The van der Waals surface area contributed by atoms with Crippen LogP contribution in [0.25, 0.3) is 0 Å². The molecule has 0 aliphatic carbocycles. The van der Waals surface area contributed by atoms with Crippen LogP contribution in [0.5, 0.6) is 0 Å². The van der Waals surface area contributed by atoms with Crippen molar-refractivity contribution in [1.29, 1.82) is 0 Å². The molecule has 6 nitrogen and oxygen atoms in total. The minimum absolute atomic E-state index is 0.118. The standard InChI is InChI=1S/C17H20N2O4S/c1-3-14(10-20)19(9-12-6-7-24-11-12)16(21)15-5-4-13(8-18-15)17(22)23-2/h4-8,11,14,20H,3,9-10H2,1-2H3/t14-/m0/s1. The van der Waals surface area contributed by atoms with Crippen LogP contribution in [-0.2, 0) is 11.3 Å². The molecular weight excluding hydrogens is 328 g/mol. The second kappa shape index (κ2) is 8.56. The normalized spacial score (nSPS) is 11.8. The number of hydrogen-bond donors (Lipinski definition) is 1. The van der Waals surface area contributed by atoms with Crippen molar-refractivity contribution in [3.05, 3.63) is 52.0 Å². The molecule has 0 bridgehead atoms. The monoisotopic (exact) mass is 348 g/mol. The summed E-state index contributed by atoms with van der Waals surface area (Å²) in [6.07, 6.45) is 1.95. The molecule has 0 unspecified atom stereocenters. The van der Waals surface area contributed by atoms with Crippen LogP contribution < -0.4 is 0 Å². The molecule has 0 aliphatic heterocycles. The third-order valence-electron chi connectivity index (χ3n) is 3.72. The summed E-state index contributed by atoms with van der Waals surface area (Å²) in [4.78, 5) is 30.0. The largest absolute Gasteiger partial charge is 0.465 e. The van der Waals surface area contributed by atoms with Gasteiger partial charge in [-0.25, -0.2) is 4.79 Å². The fourth-order valence-electron chi connectivity index (χ4n) is 2.30. The zero-order valence-corrected chi connectivity index (χ0v) is 14.5. The highest BCUT2D eigenvalue weighted by Crippen LogP contribution is 2.16. The molecule has 0 radical (unpaired) electrons. The summed E-state index contributed by atoms with van der Waals surface area (Å²) in [7, 11) is 1.29. The van der Waals surface area contributed by atoms with Crippen LogP contribution in [0.15, 0.2) is 35.2 Å². The van der Waals surface area contributed by atoms with Crippen LogP contribution in [0.1, 0.15) is 39.8 Å². The van der Waals surface area contributed by atoms with Crippen LogP contribution in [0.2, 0.25) is 0 Å². The van der Waals surface area contributed by atoms with E-state index in [1.807, 2.05) is 23.8 Å². The maximum absolute atomic E-state index is 12.8. The Morgan fingerprint density at radius 3 is 2.67 bits per heavy atom. The van der Waals surface area contributed by atoms with Gasteiger partial charge >= 0.3 is 5.97 Å². The molecule has 1 atom stereocenters. The smallest absolute Gasteiger partial charge is 0.339 e. The van der Waals surface area contributed by atoms with E-state index in [2.05, 4.69) is 9.72 Å².